The Morgan fingerprint density at radius 2 is 1.74 bits per heavy atom. The Kier molecular flexibility index (Phi) is 5.41. The van der Waals surface area contributed by atoms with Gasteiger partial charge in [0.2, 0.25) is 0 Å². The first-order chi connectivity index (χ1) is 13.0. The van der Waals surface area contributed by atoms with Crippen molar-refractivity contribution in [2.24, 2.45) is 0 Å². The van der Waals surface area contributed by atoms with Crippen molar-refractivity contribution >= 4 is 28.9 Å². The number of ketones is 1. The molecule has 2 N–H and O–H groups in total. The van der Waals surface area contributed by atoms with Gasteiger partial charge in [-0.1, -0.05) is 18.2 Å². The third-order valence-corrected chi connectivity index (χ3v) is 3.77. The van der Waals surface area contributed by atoms with E-state index in [0.717, 1.165) is 0 Å². The second kappa shape index (κ2) is 8.09. The van der Waals surface area contributed by atoms with Crippen LogP contribution in [-0.2, 0) is 0 Å². The Hall–Kier alpha value is -3.74. The van der Waals surface area contributed by atoms with E-state index >= 15 is 0 Å². The Bertz CT molecular complexity index is 988. The van der Waals surface area contributed by atoms with Gasteiger partial charge in [-0.2, -0.15) is 0 Å². The number of amides is 1. The molecule has 7 heteroatoms. The molecule has 0 atom stereocenters. The lowest BCUT2D eigenvalue weighted by atomic mass is 10.1. The van der Waals surface area contributed by atoms with E-state index in [2.05, 4.69) is 20.6 Å². The summed E-state index contributed by atoms with van der Waals surface area (Å²) in [6.07, 6.45) is 1.30. The summed E-state index contributed by atoms with van der Waals surface area (Å²) in [5.41, 5.74) is 2.09. The molecule has 136 valence electrons. The summed E-state index contributed by atoms with van der Waals surface area (Å²) in [6, 6.07) is 15.6. The van der Waals surface area contributed by atoms with Gasteiger partial charge in [-0.3, -0.25) is 9.59 Å². The van der Waals surface area contributed by atoms with Gasteiger partial charge in [0.25, 0.3) is 5.91 Å². The molecule has 0 unspecified atom stereocenters. The van der Waals surface area contributed by atoms with Crippen molar-refractivity contribution in [3.63, 3.8) is 0 Å². The molecule has 0 radical (unpaired) electrons. The predicted molar refractivity (Wildman–Crippen MR) is 103 cm³/mol. The molecular formula is C20H18N4O3. The zero-order valence-electron chi connectivity index (χ0n) is 14.9. The maximum Gasteiger partial charge on any atom is 0.274 e. The monoisotopic (exact) mass is 362 g/mol. The lowest BCUT2D eigenvalue weighted by Gasteiger charge is -2.09. The van der Waals surface area contributed by atoms with E-state index in [9.17, 15) is 9.59 Å². The average molecular weight is 362 g/mol. The van der Waals surface area contributed by atoms with Gasteiger partial charge in [0.05, 0.1) is 7.11 Å². The van der Waals surface area contributed by atoms with E-state index in [4.69, 9.17) is 4.74 Å². The summed E-state index contributed by atoms with van der Waals surface area (Å²) in [5, 5.41) is 5.84. The van der Waals surface area contributed by atoms with Gasteiger partial charge in [0, 0.05) is 29.1 Å². The summed E-state index contributed by atoms with van der Waals surface area (Å²) in [4.78, 5) is 32.1. The molecule has 27 heavy (non-hydrogen) atoms. The molecule has 1 heterocycles. The number of nitrogens with one attached hydrogen (secondary N) is 2. The van der Waals surface area contributed by atoms with Gasteiger partial charge >= 0.3 is 0 Å². The Morgan fingerprint density at radius 1 is 0.963 bits per heavy atom. The van der Waals surface area contributed by atoms with Crippen LogP contribution in [0.2, 0.25) is 0 Å². The highest BCUT2D eigenvalue weighted by Gasteiger charge is 2.10. The van der Waals surface area contributed by atoms with Crippen molar-refractivity contribution in [3.8, 4) is 5.75 Å². The second-order valence-electron chi connectivity index (χ2n) is 5.74. The van der Waals surface area contributed by atoms with Gasteiger partial charge < -0.3 is 15.4 Å². The fraction of sp³-hybridized carbons (Fsp3) is 0.100. The van der Waals surface area contributed by atoms with Crippen molar-refractivity contribution < 1.29 is 14.3 Å². The first-order valence-electron chi connectivity index (χ1n) is 8.20. The zero-order valence-corrected chi connectivity index (χ0v) is 14.9. The normalized spacial score (nSPS) is 10.1. The van der Waals surface area contributed by atoms with E-state index < -0.39 is 0 Å². The predicted octanol–water partition coefficient (Wildman–Crippen LogP) is 3.68. The number of rotatable bonds is 6. The number of carbonyl (C=O) groups is 2. The van der Waals surface area contributed by atoms with Crippen LogP contribution in [0, 0.1) is 0 Å². The fourth-order valence-electron chi connectivity index (χ4n) is 2.41. The van der Waals surface area contributed by atoms with Crippen LogP contribution in [0.25, 0.3) is 0 Å². The van der Waals surface area contributed by atoms with E-state index in [1.54, 1.807) is 49.6 Å². The van der Waals surface area contributed by atoms with Crippen LogP contribution in [0.4, 0.5) is 17.2 Å². The van der Waals surface area contributed by atoms with E-state index in [1.807, 2.05) is 6.07 Å². The number of benzene rings is 2. The topological polar surface area (TPSA) is 93.2 Å². The third-order valence-electron chi connectivity index (χ3n) is 3.77. The first kappa shape index (κ1) is 18.1. The molecule has 0 aliphatic rings. The minimum absolute atomic E-state index is 0.0281. The standard InChI is InChI=1S/C20H18N4O3/c1-13(25)14-5-3-6-15(9-14)23-19-11-18(21-12-22-19)20(26)24-16-7-4-8-17(10-16)27-2/h3-12H,1-2H3,(H,24,26)(H,21,22,23). The van der Waals surface area contributed by atoms with Gasteiger partial charge in [0.15, 0.2) is 5.78 Å². The largest absolute Gasteiger partial charge is 0.497 e. The van der Waals surface area contributed by atoms with Crippen molar-refractivity contribution in [2.45, 2.75) is 6.92 Å². The zero-order chi connectivity index (χ0) is 19.2. The molecule has 7 nitrogen and oxygen atoms in total. The number of Topliss-reactive ketones (excluding diaryl/α,β-unsaturated/α-hetero) is 1. The molecule has 1 aromatic heterocycles. The van der Waals surface area contributed by atoms with Gasteiger partial charge in [-0.15, -0.1) is 0 Å². The number of carbonyl (C=O) groups excluding carboxylic acids is 2. The molecule has 0 fully saturated rings. The molecule has 0 aliphatic carbocycles. The van der Waals surface area contributed by atoms with Crippen molar-refractivity contribution in [1.29, 1.82) is 0 Å². The molecule has 1 amide bonds. The fourth-order valence-corrected chi connectivity index (χ4v) is 2.41. The van der Waals surface area contributed by atoms with Crippen LogP contribution in [0.1, 0.15) is 27.8 Å². The van der Waals surface area contributed by atoms with Crippen LogP contribution in [0.3, 0.4) is 0 Å². The van der Waals surface area contributed by atoms with Crippen LogP contribution in [0.15, 0.2) is 60.9 Å². The second-order valence-corrected chi connectivity index (χ2v) is 5.74. The van der Waals surface area contributed by atoms with Gasteiger partial charge in [0.1, 0.15) is 23.6 Å². The molecular weight excluding hydrogens is 344 g/mol. The number of aromatic nitrogens is 2. The SMILES string of the molecule is COc1cccc(NC(=O)c2cc(Nc3cccc(C(C)=O)c3)ncn2)c1. The smallest absolute Gasteiger partial charge is 0.274 e. The number of hydrogen-bond donors (Lipinski definition) is 2. The number of hydrogen-bond acceptors (Lipinski definition) is 6. The number of nitrogens with zero attached hydrogens (tertiary/aromatic N) is 2. The van der Waals surface area contributed by atoms with Crippen LogP contribution in [0.5, 0.6) is 5.75 Å². The van der Waals surface area contributed by atoms with Gasteiger partial charge in [-0.05, 0) is 31.2 Å². The Morgan fingerprint density at radius 3 is 2.52 bits per heavy atom. The van der Waals surface area contributed by atoms with Crippen LogP contribution in [-0.4, -0.2) is 28.8 Å². The molecule has 0 spiro atoms. The number of methoxy groups -OCH3 is 1. The number of anilines is 3. The first-order valence-corrected chi connectivity index (χ1v) is 8.20. The highest BCUT2D eigenvalue weighted by atomic mass is 16.5. The summed E-state index contributed by atoms with van der Waals surface area (Å²) < 4.78 is 5.14. The van der Waals surface area contributed by atoms with Crippen LogP contribution < -0.4 is 15.4 Å². The summed E-state index contributed by atoms with van der Waals surface area (Å²) in [7, 11) is 1.56. The maximum atomic E-state index is 12.4. The van der Waals surface area contributed by atoms with E-state index in [1.165, 1.54) is 19.3 Å². The Labute approximate surface area is 156 Å². The number of ether oxygens (including phenoxy) is 1. The van der Waals surface area contributed by atoms with Crippen LogP contribution >= 0.6 is 0 Å². The molecule has 3 aromatic rings. The summed E-state index contributed by atoms with van der Waals surface area (Å²) in [5.74, 6) is 0.690. The molecule has 0 saturated heterocycles. The molecule has 0 aliphatic heterocycles. The minimum Gasteiger partial charge on any atom is -0.497 e. The highest BCUT2D eigenvalue weighted by molar-refractivity contribution is 6.03. The van der Waals surface area contributed by atoms with Crippen molar-refractivity contribution in [2.75, 3.05) is 17.7 Å². The van der Waals surface area contributed by atoms with E-state index in [0.29, 0.717) is 28.5 Å². The van der Waals surface area contributed by atoms with E-state index in [-0.39, 0.29) is 17.4 Å². The third kappa shape index (κ3) is 4.66. The maximum absolute atomic E-state index is 12.4. The summed E-state index contributed by atoms with van der Waals surface area (Å²) >= 11 is 0. The summed E-state index contributed by atoms with van der Waals surface area (Å²) in [6.45, 7) is 1.50. The molecule has 2 aromatic carbocycles. The van der Waals surface area contributed by atoms with Crippen molar-refractivity contribution in [3.05, 3.63) is 72.2 Å². The molecule has 0 bridgehead atoms. The average Bonchev–Trinajstić information content (AvgIpc) is 2.68. The molecule has 0 saturated carbocycles. The van der Waals surface area contributed by atoms with Gasteiger partial charge in [-0.25, -0.2) is 9.97 Å². The lowest BCUT2D eigenvalue weighted by molar-refractivity contribution is 0.101. The minimum atomic E-state index is -0.369. The van der Waals surface area contributed by atoms with Crippen molar-refractivity contribution in [1.82, 2.24) is 9.97 Å². The highest BCUT2D eigenvalue weighted by Crippen LogP contribution is 2.19. The Balaban J connectivity index is 1.75. The molecule has 3 rings (SSSR count). The lowest BCUT2D eigenvalue weighted by Crippen LogP contribution is -2.14. The quantitative estimate of drug-likeness (QED) is 0.650.